The Morgan fingerprint density at radius 1 is 1.30 bits per heavy atom. The summed E-state index contributed by atoms with van der Waals surface area (Å²) < 4.78 is 5.39. The van der Waals surface area contributed by atoms with Gasteiger partial charge in [0.25, 0.3) is 0 Å². The molecule has 0 bridgehead atoms. The van der Waals surface area contributed by atoms with Gasteiger partial charge in [-0.05, 0) is 55.7 Å². The van der Waals surface area contributed by atoms with Gasteiger partial charge in [0.15, 0.2) is 5.78 Å². The van der Waals surface area contributed by atoms with Gasteiger partial charge < -0.3 is 4.74 Å². The molecule has 0 heterocycles. The van der Waals surface area contributed by atoms with E-state index < -0.39 is 5.92 Å². The van der Waals surface area contributed by atoms with Gasteiger partial charge in [0.2, 0.25) is 0 Å². The summed E-state index contributed by atoms with van der Waals surface area (Å²) in [4.78, 5) is 12.5. The van der Waals surface area contributed by atoms with Crippen LogP contribution in [0, 0.1) is 29.1 Å². The molecular weight excluding hydrogens is 250 g/mol. The van der Waals surface area contributed by atoms with Crippen LogP contribution in [0.3, 0.4) is 0 Å². The number of benzene rings is 1. The van der Waals surface area contributed by atoms with Crippen molar-refractivity contribution in [2.24, 2.45) is 17.8 Å². The summed E-state index contributed by atoms with van der Waals surface area (Å²) >= 11 is 0. The van der Waals surface area contributed by atoms with Crippen molar-refractivity contribution in [2.45, 2.75) is 32.1 Å². The summed E-state index contributed by atoms with van der Waals surface area (Å²) in [5, 5.41) is 9.36. The van der Waals surface area contributed by atoms with Gasteiger partial charge in [0.1, 0.15) is 11.7 Å². The van der Waals surface area contributed by atoms with E-state index in [-0.39, 0.29) is 11.7 Å². The van der Waals surface area contributed by atoms with Gasteiger partial charge in [0.05, 0.1) is 12.7 Å². The number of ketones is 1. The molecule has 2 fully saturated rings. The van der Waals surface area contributed by atoms with Gasteiger partial charge in [-0.15, -0.1) is 0 Å². The second-order valence-corrected chi connectivity index (χ2v) is 5.89. The molecule has 0 aromatic heterocycles. The molecule has 1 aromatic rings. The van der Waals surface area contributed by atoms with Gasteiger partial charge in [-0.1, -0.05) is 12.1 Å². The number of nitrogens with zero attached hydrogens (tertiary/aromatic N) is 1. The van der Waals surface area contributed by atoms with E-state index in [1.807, 2.05) is 31.2 Å². The number of Topliss-reactive ketones (excluding diaryl/α,β-unsaturated/α-hetero) is 1. The highest BCUT2D eigenvalue weighted by atomic mass is 16.5. The van der Waals surface area contributed by atoms with Crippen molar-refractivity contribution in [2.75, 3.05) is 6.61 Å². The van der Waals surface area contributed by atoms with Crippen LogP contribution in [0.5, 0.6) is 5.75 Å². The SMILES string of the molecule is CCOc1ccc(C(C#N)C(=O)C2CC3CC3C2)cc1. The lowest BCUT2D eigenvalue weighted by molar-refractivity contribution is -0.123. The first kappa shape index (κ1) is 13.2. The van der Waals surface area contributed by atoms with E-state index in [1.165, 1.54) is 6.42 Å². The molecule has 0 amide bonds. The summed E-state index contributed by atoms with van der Waals surface area (Å²) in [6.45, 7) is 2.55. The topological polar surface area (TPSA) is 50.1 Å². The summed E-state index contributed by atoms with van der Waals surface area (Å²) in [7, 11) is 0. The van der Waals surface area contributed by atoms with Crippen molar-refractivity contribution in [1.82, 2.24) is 0 Å². The van der Waals surface area contributed by atoms with Crippen molar-refractivity contribution in [1.29, 1.82) is 5.26 Å². The molecule has 0 aliphatic heterocycles. The number of carbonyl (C=O) groups excluding carboxylic acids is 1. The number of carbonyl (C=O) groups is 1. The maximum atomic E-state index is 12.5. The monoisotopic (exact) mass is 269 g/mol. The van der Waals surface area contributed by atoms with Crippen LogP contribution in [-0.4, -0.2) is 12.4 Å². The van der Waals surface area contributed by atoms with Gasteiger partial charge in [0, 0.05) is 5.92 Å². The third-order valence-corrected chi connectivity index (χ3v) is 4.58. The van der Waals surface area contributed by atoms with E-state index >= 15 is 0 Å². The minimum absolute atomic E-state index is 0.106. The first-order valence-electron chi connectivity index (χ1n) is 7.39. The second-order valence-electron chi connectivity index (χ2n) is 5.89. The normalized spacial score (nSPS) is 28.3. The van der Waals surface area contributed by atoms with Crippen LogP contribution in [0.15, 0.2) is 24.3 Å². The van der Waals surface area contributed by atoms with Gasteiger partial charge in [-0.3, -0.25) is 4.79 Å². The average molecular weight is 269 g/mol. The highest BCUT2D eigenvalue weighted by molar-refractivity contribution is 5.90. The van der Waals surface area contributed by atoms with Gasteiger partial charge in [-0.25, -0.2) is 0 Å². The third kappa shape index (κ3) is 2.43. The van der Waals surface area contributed by atoms with Crippen LogP contribution in [-0.2, 0) is 4.79 Å². The Morgan fingerprint density at radius 2 is 1.95 bits per heavy atom. The molecule has 3 atom stereocenters. The van der Waals surface area contributed by atoms with Crippen molar-refractivity contribution in [3.8, 4) is 11.8 Å². The van der Waals surface area contributed by atoms with Gasteiger partial charge in [-0.2, -0.15) is 5.26 Å². The molecular formula is C17H19NO2. The first-order chi connectivity index (χ1) is 9.72. The Labute approximate surface area is 119 Å². The summed E-state index contributed by atoms with van der Waals surface area (Å²) in [5.41, 5.74) is 0.793. The summed E-state index contributed by atoms with van der Waals surface area (Å²) in [6, 6.07) is 9.54. The van der Waals surface area contributed by atoms with Crippen LogP contribution in [0.2, 0.25) is 0 Å². The molecule has 3 heteroatoms. The molecule has 1 aromatic carbocycles. The lowest BCUT2D eigenvalue weighted by Crippen LogP contribution is -2.20. The van der Waals surface area contributed by atoms with E-state index in [2.05, 4.69) is 6.07 Å². The maximum absolute atomic E-state index is 12.5. The minimum atomic E-state index is -0.617. The predicted octanol–water partition coefficient (Wildman–Crippen LogP) is 3.31. The lowest BCUT2D eigenvalue weighted by Gasteiger charge is -2.15. The highest BCUT2D eigenvalue weighted by Crippen LogP contribution is 2.55. The number of ether oxygens (including phenoxy) is 1. The highest BCUT2D eigenvalue weighted by Gasteiger charge is 2.49. The molecule has 3 nitrogen and oxygen atoms in total. The fraction of sp³-hybridized carbons (Fsp3) is 0.529. The van der Waals surface area contributed by atoms with E-state index in [1.54, 1.807) is 0 Å². The Kier molecular flexibility index (Phi) is 3.48. The van der Waals surface area contributed by atoms with Crippen LogP contribution in [0.1, 0.15) is 37.7 Å². The molecule has 0 saturated heterocycles. The van der Waals surface area contributed by atoms with E-state index in [4.69, 9.17) is 4.74 Å². The van der Waals surface area contributed by atoms with Crippen LogP contribution < -0.4 is 4.74 Å². The Hall–Kier alpha value is -1.82. The molecule has 2 aliphatic rings. The second kappa shape index (κ2) is 5.28. The van der Waals surface area contributed by atoms with Crippen molar-refractivity contribution < 1.29 is 9.53 Å². The first-order valence-corrected chi connectivity index (χ1v) is 7.39. The van der Waals surface area contributed by atoms with Crippen molar-refractivity contribution >= 4 is 5.78 Å². The smallest absolute Gasteiger partial charge is 0.157 e. The molecule has 0 spiro atoms. The van der Waals surface area contributed by atoms with E-state index in [0.29, 0.717) is 6.61 Å². The number of hydrogen-bond donors (Lipinski definition) is 0. The summed E-state index contributed by atoms with van der Waals surface area (Å²) in [5.74, 6) is 1.92. The number of nitriles is 1. The Bertz CT molecular complexity index is 533. The molecule has 0 N–H and O–H groups in total. The largest absolute Gasteiger partial charge is 0.494 e. The number of fused-ring (bicyclic) bond motifs is 1. The Balaban J connectivity index is 1.72. The molecule has 3 rings (SSSR count). The molecule has 20 heavy (non-hydrogen) atoms. The lowest BCUT2D eigenvalue weighted by atomic mass is 9.86. The molecule has 2 saturated carbocycles. The molecule has 2 aliphatic carbocycles. The fourth-order valence-electron chi connectivity index (χ4n) is 3.41. The zero-order chi connectivity index (χ0) is 14.1. The summed E-state index contributed by atoms with van der Waals surface area (Å²) in [6.07, 6.45) is 3.29. The van der Waals surface area contributed by atoms with Crippen molar-refractivity contribution in [3.63, 3.8) is 0 Å². The van der Waals surface area contributed by atoms with E-state index in [9.17, 15) is 10.1 Å². The molecule has 104 valence electrons. The van der Waals surface area contributed by atoms with Gasteiger partial charge >= 0.3 is 0 Å². The van der Waals surface area contributed by atoms with E-state index in [0.717, 1.165) is 36.0 Å². The minimum Gasteiger partial charge on any atom is -0.494 e. The number of hydrogen-bond acceptors (Lipinski definition) is 3. The maximum Gasteiger partial charge on any atom is 0.157 e. The van der Waals surface area contributed by atoms with Crippen LogP contribution in [0.4, 0.5) is 0 Å². The quantitative estimate of drug-likeness (QED) is 0.824. The fourth-order valence-corrected chi connectivity index (χ4v) is 3.41. The zero-order valence-corrected chi connectivity index (χ0v) is 11.7. The predicted molar refractivity (Wildman–Crippen MR) is 75.3 cm³/mol. The molecule has 0 radical (unpaired) electrons. The number of rotatable bonds is 5. The average Bonchev–Trinajstić information content (AvgIpc) is 3.08. The standard InChI is InChI=1S/C17H19NO2/c1-2-20-15-5-3-11(4-6-15)16(10-18)17(19)14-8-12-7-13(12)9-14/h3-6,12-14,16H,2,7-9H2,1H3. The Morgan fingerprint density at radius 3 is 2.50 bits per heavy atom. The van der Waals surface area contributed by atoms with Crippen molar-refractivity contribution in [3.05, 3.63) is 29.8 Å². The third-order valence-electron chi connectivity index (χ3n) is 4.58. The molecule has 3 unspecified atom stereocenters. The van der Waals surface area contributed by atoms with Crippen LogP contribution >= 0.6 is 0 Å². The zero-order valence-electron chi connectivity index (χ0n) is 11.7. The van der Waals surface area contributed by atoms with Crippen LogP contribution in [0.25, 0.3) is 0 Å².